The first-order valence-electron chi connectivity index (χ1n) is 6.29. The molecule has 19 heavy (non-hydrogen) atoms. The number of alkyl halides is 2. The number of anilines is 1. The number of ether oxygens (including phenoxy) is 2. The minimum atomic E-state index is -2.86. The van der Waals surface area contributed by atoms with Crippen molar-refractivity contribution in [1.29, 1.82) is 0 Å². The molecule has 1 fully saturated rings. The van der Waals surface area contributed by atoms with Crippen LogP contribution in [0.15, 0.2) is 18.2 Å². The van der Waals surface area contributed by atoms with Crippen molar-refractivity contribution >= 4 is 5.69 Å². The van der Waals surface area contributed by atoms with Crippen molar-refractivity contribution in [3.05, 3.63) is 18.2 Å². The van der Waals surface area contributed by atoms with Crippen LogP contribution in [0.2, 0.25) is 0 Å². The summed E-state index contributed by atoms with van der Waals surface area (Å²) in [7, 11) is 1.42. The molecular formula is C13H18F2N2O2. The van der Waals surface area contributed by atoms with Gasteiger partial charge in [-0.05, 0) is 38.1 Å². The average molecular weight is 272 g/mol. The Labute approximate surface area is 111 Å². The average Bonchev–Trinajstić information content (AvgIpc) is 2.39. The van der Waals surface area contributed by atoms with Gasteiger partial charge in [0, 0.05) is 17.8 Å². The molecule has 1 heterocycles. The predicted octanol–water partition coefficient (Wildman–Crippen LogP) is 2.46. The van der Waals surface area contributed by atoms with E-state index in [-0.39, 0.29) is 5.75 Å². The second-order valence-corrected chi connectivity index (χ2v) is 4.41. The Morgan fingerprint density at radius 1 is 1.26 bits per heavy atom. The Bertz CT molecular complexity index is 410. The summed E-state index contributed by atoms with van der Waals surface area (Å²) in [6.07, 6.45) is 2.02. The fraction of sp³-hybridized carbons (Fsp3) is 0.538. The van der Waals surface area contributed by atoms with E-state index in [0.717, 1.165) is 31.6 Å². The molecule has 0 unspecified atom stereocenters. The van der Waals surface area contributed by atoms with Crippen LogP contribution in [0.5, 0.6) is 11.5 Å². The van der Waals surface area contributed by atoms with E-state index < -0.39 is 6.61 Å². The van der Waals surface area contributed by atoms with E-state index in [2.05, 4.69) is 15.4 Å². The van der Waals surface area contributed by atoms with E-state index in [1.807, 2.05) is 0 Å². The fourth-order valence-corrected chi connectivity index (χ4v) is 2.16. The molecule has 0 saturated carbocycles. The summed E-state index contributed by atoms with van der Waals surface area (Å²) in [5.41, 5.74) is 0.767. The van der Waals surface area contributed by atoms with Crippen LogP contribution in [-0.2, 0) is 0 Å². The molecular weight excluding hydrogens is 254 g/mol. The zero-order valence-electron chi connectivity index (χ0n) is 10.8. The molecule has 0 aliphatic carbocycles. The Kier molecular flexibility index (Phi) is 4.79. The summed E-state index contributed by atoms with van der Waals surface area (Å²) in [5, 5.41) is 6.60. The van der Waals surface area contributed by atoms with Crippen LogP contribution in [0.4, 0.5) is 14.5 Å². The van der Waals surface area contributed by atoms with Crippen LogP contribution >= 0.6 is 0 Å². The molecule has 1 aliphatic heterocycles. The Hall–Kier alpha value is -1.56. The molecule has 0 bridgehead atoms. The van der Waals surface area contributed by atoms with Gasteiger partial charge in [0.15, 0.2) is 11.5 Å². The highest BCUT2D eigenvalue weighted by Gasteiger charge is 2.15. The van der Waals surface area contributed by atoms with Gasteiger partial charge < -0.3 is 20.1 Å². The van der Waals surface area contributed by atoms with Crippen LogP contribution < -0.4 is 20.1 Å². The van der Waals surface area contributed by atoms with Crippen molar-refractivity contribution in [2.75, 3.05) is 25.5 Å². The second-order valence-electron chi connectivity index (χ2n) is 4.41. The molecule has 6 heteroatoms. The van der Waals surface area contributed by atoms with Crippen molar-refractivity contribution < 1.29 is 18.3 Å². The van der Waals surface area contributed by atoms with E-state index in [0.29, 0.717) is 11.8 Å². The largest absolute Gasteiger partial charge is 0.493 e. The molecule has 2 N–H and O–H groups in total. The maximum Gasteiger partial charge on any atom is 0.387 e. The minimum Gasteiger partial charge on any atom is -0.493 e. The van der Waals surface area contributed by atoms with Crippen LogP contribution in [0.1, 0.15) is 12.8 Å². The number of halogens is 2. The van der Waals surface area contributed by atoms with Gasteiger partial charge in [-0.15, -0.1) is 0 Å². The summed E-state index contributed by atoms with van der Waals surface area (Å²) < 4.78 is 34.1. The van der Waals surface area contributed by atoms with E-state index >= 15 is 0 Å². The summed E-state index contributed by atoms with van der Waals surface area (Å²) in [5.74, 6) is 0.354. The first-order valence-corrected chi connectivity index (χ1v) is 6.29. The van der Waals surface area contributed by atoms with Gasteiger partial charge in [-0.3, -0.25) is 0 Å². The molecule has 1 saturated heterocycles. The first-order chi connectivity index (χ1) is 9.19. The zero-order valence-corrected chi connectivity index (χ0v) is 10.8. The van der Waals surface area contributed by atoms with Crippen LogP contribution in [0, 0.1) is 0 Å². The zero-order chi connectivity index (χ0) is 13.7. The quantitative estimate of drug-likeness (QED) is 0.864. The highest BCUT2D eigenvalue weighted by Crippen LogP contribution is 2.32. The van der Waals surface area contributed by atoms with Crippen molar-refractivity contribution in [2.24, 2.45) is 0 Å². The lowest BCUT2D eigenvalue weighted by atomic mass is 10.1. The van der Waals surface area contributed by atoms with Crippen LogP contribution in [0.25, 0.3) is 0 Å². The molecule has 0 spiro atoms. The lowest BCUT2D eigenvalue weighted by Crippen LogP contribution is -2.35. The van der Waals surface area contributed by atoms with E-state index in [9.17, 15) is 8.78 Å². The summed E-state index contributed by atoms with van der Waals surface area (Å²) in [4.78, 5) is 0. The van der Waals surface area contributed by atoms with Gasteiger partial charge in [-0.25, -0.2) is 0 Å². The minimum absolute atomic E-state index is 0.0523. The molecule has 1 aromatic rings. The molecule has 1 aromatic carbocycles. The van der Waals surface area contributed by atoms with Gasteiger partial charge in [0.2, 0.25) is 0 Å². The first kappa shape index (κ1) is 13.9. The maximum absolute atomic E-state index is 12.3. The Balaban J connectivity index is 2.07. The molecule has 4 nitrogen and oxygen atoms in total. The third kappa shape index (κ3) is 3.96. The van der Waals surface area contributed by atoms with Gasteiger partial charge in [-0.1, -0.05) is 0 Å². The number of methoxy groups -OCH3 is 1. The third-order valence-electron chi connectivity index (χ3n) is 3.09. The monoisotopic (exact) mass is 272 g/mol. The molecule has 1 aliphatic rings. The summed E-state index contributed by atoms with van der Waals surface area (Å²) in [6.45, 7) is -0.925. The van der Waals surface area contributed by atoms with Gasteiger partial charge in [0.05, 0.1) is 7.11 Å². The van der Waals surface area contributed by atoms with Gasteiger partial charge in [0.25, 0.3) is 0 Å². The van der Waals surface area contributed by atoms with Crippen molar-refractivity contribution in [2.45, 2.75) is 25.5 Å². The number of hydrogen-bond donors (Lipinski definition) is 2. The fourth-order valence-electron chi connectivity index (χ4n) is 2.16. The lowest BCUT2D eigenvalue weighted by molar-refractivity contribution is -0.0511. The van der Waals surface area contributed by atoms with Crippen molar-refractivity contribution in [3.8, 4) is 11.5 Å². The normalized spacial score (nSPS) is 16.4. The smallest absolute Gasteiger partial charge is 0.387 e. The van der Waals surface area contributed by atoms with E-state index in [1.165, 1.54) is 7.11 Å². The predicted molar refractivity (Wildman–Crippen MR) is 69.1 cm³/mol. The summed E-state index contributed by atoms with van der Waals surface area (Å²) in [6, 6.07) is 5.34. The second kappa shape index (κ2) is 6.56. The van der Waals surface area contributed by atoms with Gasteiger partial charge in [0.1, 0.15) is 0 Å². The number of rotatable bonds is 5. The third-order valence-corrected chi connectivity index (χ3v) is 3.09. The maximum atomic E-state index is 12.3. The number of benzene rings is 1. The van der Waals surface area contributed by atoms with Crippen molar-refractivity contribution in [1.82, 2.24) is 5.32 Å². The van der Waals surface area contributed by atoms with E-state index in [1.54, 1.807) is 18.2 Å². The number of nitrogens with one attached hydrogen (secondary N) is 2. The van der Waals surface area contributed by atoms with Crippen LogP contribution in [0.3, 0.4) is 0 Å². The number of piperidine rings is 1. The Morgan fingerprint density at radius 3 is 2.63 bits per heavy atom. The topological polar surface area (TPSA) is 42.5 Å². The molecule has 0 atom stereocenters. The van der Waals surface area contributed by atoms with Gasteiger partial charge in [-0.2, -0.15) is 8.78 Å². The van der Waals surface area contributed by atoms with E-state index in [4.69, 9.17) is 4.74 Å². The number of hydrogen-bond acceptors (Lipinski definition) is 4. The lowest BCUT2D eigenvalue weighted by Gasteiger charge is -2.25. The SMILES string of the molecule is COc1ccc(NC2CCNCC2)cc1OC(F)F. The molecule has 0 radical (unpaired) electrons. The Morgan fingerprint density at radius 2 is 2.00 bits per heavy atom. The van der Waals surface area contributed by atoms with Gasteiger partial charge >= 0.3 is 6.61 Å². The molecule has 0 aromatic heterocycles. The molecule has 106 valence electrons. The van der Waals surface area contributed by atoms with Crippen LogP contribution in [-0.4, -0.2) is 32.9 Å². The highest BCUT2D eigenvalue weighted by atomic mass is 19.3. The summed E-state index contributed by atoms with van der Waals surface area (Å²) >= 11 is 0. The highest BCUT2D eigenvalue weighted by molar-refractivity contribution is 5.55. The molecule has 2 rings (SSSR count). The van der Waals surface area contributed by atoms with Crippen molar-refractivity contribution in [3.63, 3.8) is 0 Å². The molecule has 0 amide bonds. The standard InChI is InChI=1S/C13H18F2N2O2/c1-18-11-3-2-10(8-12(11)19-13(14)15)17-9-4-6-16-7-5-9/h2-3,8-9,13,16-17H,4-7H2,1H3.